The van der Waals surface area contributed by atoms with E-state index >= 15 is 0 Å². The molecule has 1 aromatic heterocycles. The number of nitrogens with one attached hydrogen (secondary N) is 1. The van der Waals surface area contributed by atoms with E-state index in [1.807, 2.05) is 13.0 Å². The van der Waals surface area contributed by atoms with Crippen molar-refractivity contribution in [1.29, 1.82) is 0 Å². The highest BCUT2D eigenvalue weighted by Gasteiger charge is 2.38. The minimum Gasteiger partial charge on any atom is -0.497 e. The van der Waals surface area contributed by atoms with Gasteiger partial charge in [0.2, 0.25) is 0 Å². The van der Waals surface area contributed by atoms with Crippen LogP contribution in [0.15, 0.2) is 35.9 Å². The molecule has 0 aliphatic carbocycles. The second-order valence-corrected chi connectivity index (χ2v) is 6.76. The summed E-state index contributed by atoms with van der Waals surface area (Å²) in [6.45, 7) is 1.92. The summed E-state index contributed by atoms with van der Waals surface area (Å²) in [5, 5.41) is 2.19. The van der Waals surface area contributed by atoms with Gasteiger partial charge in [0.05, 0.1) is 19.9 Å². The van der Waals surface area contributed by atoms with Gasteiger partial charge in [-0.25, -0.2) is 9.69 Å². The van der Waals surface area contributed by atoms with Gasteiger partial charge in [-0.2, -0.15) is 0 Å². The Morgan fingerprint density at radius 3 is 2.46 bits per heavy atom. The zero-order valence-electron chi connectivity index (χ0n) is 14.4. The number of barbiturate groups is 1. The van der Waals surface area contributed by atoms with Crippen molar-refractivity contribution in [3.63, 3.8) is 0 Å². The number of hydrogen-bond acceptors (Lipinski definition) is 6. The fraction of sp³-hybridized carbons (Fsp3) is 0.167. The zero-order valence-corrected chi connectivity index (χ0v) is 15.2. The number of aryl methyl sites for hydroxylation is 1. The molecule has 0 spiro atoms. The number of amides is 4. The number of hydrogen-bond donors (Lipinski definition) is 1. The quantitative estimate of drug-likeness (QED) is 0.659. The van der Waals surface area contributed by atoms with Crippen LogP contribution < -0.4 is 19.7 Å². The second kappa shape index (κ2) is 7.01. The monoisotopic (exact) mass is 372 g/mol. The predicted molar refractivity (Wildman–Crippen MR) is 97.6 cm³/mol. The van der Waals surface area contributed by atoms with Crippen LogP contribution in [0.1, 0.15) is 9.75 Å². The number of anilines is 1. The Kier molecular flexibility index (Phi) is 4.77. The van der Waals surface area contributed by atoms with Gasteiger partial charge in [0.25, 0.3) is 11.8 Å². The predicted octanol–water partition coefficient (Wildman–Crippen LogP) is 2.74. The number of methoxy groups -OCH3 is 2. The van der Waals surface area contributed by atoms with Crippen LogP contribution in [0.5, 0.6) is 11.5 Å². The lowest BCUT2D eigenvalue weighted by Crippen LogP contribution is -2.54. The van der Waals surface area contributed by atoms with E-state index in [-0.39, 0.29) is 11.3 Å². The van der Waals surface area contributed by atoms with E-state index in [1.54, 1.807) is 18.2 Å². The van der Waals surface area contributed by atoms with Crippen molar-refractivity contribution >= 4 is 40.9 Å². The fourth-order valence-electron chi connectivity index (χ4n) is 2.52. The minimum absolute atomic E-state index is 0.128. The summed E-state index contributed by atoms with van der Waals surface area (Å²) < 4.78 is 10.4. The molecule has 1 aliphatic rings. The standard InChI is InChI=1S/C18H16N2O5S/c1-10-4-6-12(26-10)9-13-16(21)19-18(23)20(17(13)22)14-8-11(24-2)5-7-15(14)25-3/h4-9H,1-3H3,(H,19,21,23)/b13-9+. The average Bonchev–Trinajstić information content (AvgIpc) is 3.03. The van der Waals surface area contributed by atoms with E-state index in [9.17, 15) is 14.4 Å². The van der Waals surface area contributed by atoms with Gasteiger partial charge in [0.15, 0.2) is 0 Å². The molecule has 3 rings (SSSR count). The summed E-state index contributed by atoms with van der Waals surface area (Å²) in [4.78, 5) is 40.1. The molecule has 1 N–H and O–H groups in total. The lowest BCUT2D eigenvalue weighted by molar-refractivity contribution is -0.122. The number of thiophene rings is 1. The van der Waals surface area contributed by atoms with Crippen LogP contribution in [0.3, 0.4) is 0 Å². The molecule has 0 radical (unpaired) electrons. The summed E-state index contributed by atoms with van der Waals surface area (Å²) in [6, 6.07) is 7.57. The third-order valence-corrected chi connectivity index (χ3v) is 4.72. The van der Waals surface area contributed by atoms with E-state index < -0.39 is 17.8 Å². The van der Waals surface area contributed by atoms with Gasteiger partial charge in [0, 0.05) is 15.8 Å². The molecule has 1 aliphatic heterocycles. The van der Waals surface area contributed by atoms with Gasteiger partial charge in [-0.1, -0.05) is 0 Å². The Balaban J connectivity index is 2.07. The lowest BCUT2D eigenvalue weighted by atomic mass is 10.1. The Morgan fingerprint density at radius 1 is 1.08 bits per heavy atom. The summed E-state index contributed by atoms with van der Waals surface area (Å²) in [7, 11) is 2.89. The van der Waals surface area contributed by atoms with E-state index in [1.165, 1.54) is 37.7 Å². The molecule has 0 bridgehead atoms. The first kappa shape index (κ1) is 17.7. The molecule has 7 nitrogen and oxygen atoms in total. The van der Waals surface area contributed by atoms with Crippen LogP contribution in [0.4, 0.5) is 10.5 Å². The van der Waals surface area contributed by atoms with Crippen molar-refractivity contribution < 1.29 is 23.9 Å². The van der Waals surface area contributed by atoms with Crippen molar-refractivity contribution in [1.82, 2.24) is 5.32 Å². The topological polar surface area (TPSA) is 84.9 Å². The molecule has 0 saturated carbocycles. The minimum atomic E-state index is -0.842. The van der Waals surface area contributed by atoms with Gasteiger partial charge >= 0.3 is 6.03 Å². The molecular formula is C18H16N2O5S. The number of rotatable bonds is 4. The highest BCUT2D eigenvalue weighted by atomic mass is 32.1. The maximum atomic E-state index is 12.9. The Labute approximate surface area is 153 Å². The normalized spacial score (nSPS) is 16.0. The van der Waals surface area contributed by atoms with Crippen LogP contribution in [-0.4, -0.2) is 32.1 Å². The molecular weight excluding hydrogens is 356 g/mol. The van der Waals surface area contributed by atoms with Gasteiger partial charge in [-0.15, -0.1) is 11.3 Å². The third-order valence-electron chi connectivity index (χ3n) is 3.78. The van der Waals surface area contributed by atoms with Gasteiger partial charge < -0.3 is 9.47 Å². The van der Waals surface area contributed by atoms with E-state index in [0.717, 1.165) is 14.7 Å². The van der Waals surface area contributed by atoms with Crippen LogP contribution in [0, 0.1) is 6.92 Å². The summed E-state index contributed by atoms with van der Waals surface area (Å²) >= 11 is 1.44. The van der Waals surface area contributed by atoms with E-state index in [0.29, 0.717) is 11.5 Å². The molecule has 1 fully saturated rings. The van der Waals surface area contributed by atoms with Crippen molar-refractivity contribution in [2.45, 2.75) is 6.92 Å². The third kappa shape index (κ3) is 3.18. The summed E-state index contributed by atoms with van der Waals surface area (Å²) in [6.07, 6.45) is 1.47. The lowest BCUT2D eigenvalue weighted by Gasteiger charge is -2.27. The van der Waals surface area contributed by atoms with Crippen LogP contribution >= 0.6 is 11.3 Å². The first-order valence-electron chi connectivity index (χ1n) is 7.64. The SMILES string of the molecule is COc1ccc(OC)c(N2C(=O)NC(=O)/C(=C\c3ccc(C)s3)C2=O)c1. The average molecular weight is 372 g/mol. The summed E-state index contributed by atoms with van der Waals surface area (Å²) in [5.41, 5.74) is 0.0615. The Morgan fingerprint density at radius 2 is 1.85 bits per heavy atom. The fourth-order valence-corrected chi connectivity index (χ4v) is 3.34. The van der Waals surface area contributed by atoms with Crippen LogP contribution in [-0.2, 0) is 9.59 Å². The number of carbonyl (C=O) groups is 3. The highest BCUT2D eigenvalue weighted by molar-refractivity contribution is 7.12. The maximum Gasteiger partial charge on any atom is 0.336 e. The number of benzene rings is 1. The second-order valence-electron chi connectivity index (χ2n) is 5.44. The van der Waals surface area contributed by atoms with E-state index in [2.05, 4.69) is 5.32 Å². The summed E-state index contributed by atoms with van der Waals surface area (Å²) in [5.74, 6) is -0.715. The van der Waals surface area contributed by atoms with Crippen molar-refractivity contribution in [2.75, 3.05) is 19.1 Å². The molecule has 26 heavy (non-hydrogen) atoms. The van der Waals surface area contributed by atoms with Crippen molar-refractivity contribution in [3.05, 3.63) is 45.7 Å². The zero-order chi connectivity index (χ0) is 18.8. The molecule has 2 aromatic rings. The van der Waals surface area contributed by atoms with Crippen molar-refractivity contribution in [3.8, 4) is 11.5 Å². The van der Waals surface area contributed by atoms with Gasteiger partial charge in [0.1, 0.15) is 17.1 Å². The molecule has 0 unspecified atom stereocenters. The number of imide groups is 2. The smallest absolute Gasteiger partial charge is 0.336 e. The number of nitrogens with zero attached hydrogens (tertiary/aromatic N) is 1. The largest absolute Gasteiger partial charge is 0.497 e. The molecule has 4 amide bonds. The number of urea groups is 1. The van der Waals surface area contributed by atoms with Crippen LogP contribution in [0.2, 0.25) is 0 Å². The van der Waals surface area contributed by atoms with Gasteiger partial charge in [-0.05, 0) is 37.3 Å². The molecule has 1 aromatic carbocycles. The first-order valence-corrected chi connectivity index (χ1v) is 8.46. The highest BCUT2D eigenvalue weighted by Crippen LogP contribution is 2.34. The maximum absolute atomic E-state index is 12.9. The van der Waals surface area contributed by atoms with E-state index in [4.69, 9.17) is 9.47 Å². The molecule has 1 saturated heterocycles. The van der Waals surface area contributed by atoms with Crippen molar-refractivity contribution in [2.24, 2.45) is 0 Å². The van der Waals surface area contributed by atoms with Gasteiger partial charge in [-0.3, -0.25) is 14.9 Å². The van der Waals surface area contributed by atoms with Crippen LogP contribution in [0.25, 0.3) is 6.08 Å². The Hall–Kier alpha value is -3.13. The first-order chi connectivity index (χ1) is 12.4. The molecule has 0 atom stereocenters. The number of carbonyl (C=O) groups excluding carboxylic acids is 3. The molecule has 134 valence electrons. The molecule has 8 heteroatoms. The Bertz CT molecular complexity index is 931. The number of ether oxygens (including phenoxy) is 2. The molecule has 2 heterocycles.